The van der Waals surface area contributed by atoms with Gasteiger partial charge in [-0.25, -0.2) is 0 Å². The van der Waals surface area contributed by atoms with Gasteiger partial charge in [-0.1, -0.05) is 179 Å². The Balaban J connectivity index is 1.21. The largest absolute Gasteiger partial charge is 0.0622 e. The molecule has 0 spiro atoms. The molecule has 0 aliphatic heterocycles. The van der Waals surface area contributed by atoms with E-state index in [2.05, 4.69) is 185 Å². The predicted octanol–water partition coefficient (Wildman–Crippen LogP) is 13.6. The zero-order valence-electron chi connectivity index (χ0n) is 29.0. The van der Waals surface area contributed by atoms with Crippen molar-refractivity contribution in [3.8, 4) is 55.6 Å². The molecule has 0 saturated heterocycles. The molecule has 2 aliphatic rings. The zero-order valence-corrected chi connectivity index (χ0v) is 29.0. The number of hydrogen-bond donors (Lipinski definition) is 0. The summed E-state index contributed by atoms with van der Waals surface area (Å²) in [5.74, 6) is 0. The Kier molecular flexibility index (Phi) is 6.07. The second-order valence-corrected chi connectivity index (χ2v) is 15.2. The summed E-state index contributed by atoms with van der Waals surface area (Å²) in [5.41, 5.74) is 18.8. The maximum Gasteiger partial charge on any atom is 0.0165 e. The molecular formula is C50H38. The van der Waals surface area contributed by atoms with Gasteiger partial charge in [0, 0.05) is 10.8 Å². The van der Waals surface area contributed by atoms with Crippen molar-refractivity contribution in [3.63, 3.8) is 0 Å². The van der Waals surface area contributed by atoms with Crippen molar-refractivity contribution in [2.75, 3.05) is 0 Å². The Hall–Kier alpha value is -5.72. The lowest BCUT2D eigenvalue weighted by Crippen LogP contribution is -2.18. The monoisotopic (exact) mass is 638 g/mol. The van der Waals surface area contributed by atoms with E-state index in [1.165, 1.54) is 99.4 Å². The summed E-state index contributed by atoms with van der Waals surface area (Å²) in [6.07, 6.45) is 0. The Morgan fingerprint density at radius 2 is 0.720 bits per heavy atom. The SMILES string of the molecule is CC1(C)c2ccccc2-c2c1cc(-c1ccc(-c3c4ccccc4c(-c4ccccc4)c4ccccc34)cc1)c1c2-c2ccccc2C1(C)C. The van der Waals surface area contributed by atoms with Crippen LogP contribution in [-0.4, -0.2) is 0 Å². The Morgan fingerprint density at radius 3 is 1.28 bits per heavy atom. The van der Waals surface area contributed by atoms with Crippen LogP contribution < -0.4 is 0 Å². The van der Waals surface area contributed by atoms with Crippen molar-refractivity contribution < 1.29 is 0 Å². The van der Waals surface area contributed by atoms with Crippen molar-refractivity contribution in [1.82, 2.24) is 0 Å². The standard InChI is InChI=1S/C50H38/c1-49(2)41-24-14-12-22-38(41)46-43(49)30-40(48-47(46)39-23-13-15-25-42(39)50(48,3)4)31-26-28-33(29-27-31)45-36-20-10-8-18-34(36)44(32-16-6-5-7-17-32)35-19-9-11-21-37(35)45/h5-30H,1-4H3. The molecule has 0 fully saturated rings. The second-order valence-electron chi connectivity index (χ2n) is 15.2. The van der Waals surface area contributed by atoms with E-state index in [1.807, 2.05) is 0 Å². The van der Waals surface area contributed by atoms with Gasteiger partial charge in [-0.3, -0.25) is 0 Å². The molecule has 0 amide bonds. The van der Waals surface area contributed by atoms with E-state index >= 15 is 0 Å². The van der Waals surface area contributed by atoms with Crippen molar-refractivity contribution in [1.29, 1.82) is 0 Å². The van der Waals surface area contributed by atoms with Gasteiger partial charge in [0.15, 0.2) is 0 Å². The molecule has 0 N–H and O–H groups in total. The van der Waals surface area contributed by atoms with Gasteiger partial charge in [-0.2, -0.15) is 0 Å². The summed E-state index contributed by atoms with van der Waals surface area (Å²) in [6.45, 7) is 9.64. The van der Waals surface area contributed by atoms with Crippen LogP contribution in [-0.2, 0) is 10.8 Å². The fourth-order valence-corrected chi connectivity index (χ4v) is 9.55. The van der Waals surface area contributed by atoms with Crippen LogP contribution in [0.3, 0.4) is 0 Å². The van der Waals surface area contributed by atoms with Crippen LogP contribution in [0, 0.1) is 0 Å². The summed E-state index contributed by atoms with van der Waals surface area (Å²) in [7, 11) is 0. The van der Waals surface area contributed by atoms with Crippen molar-refractivity contribution in [2.45, 2.75) is 38.5 Å². The van der Waals surface area contributed by atoms with Gasteiger partial charge in [0.05, 0.1) is 0 Å². The summed E-state index contributed by atoms with van der Waals surface area (Å²) >= 11 is 0. The highest BCUT2D eigenvalue weighted by Gasteiger charge is 2.45. The van der Waals surface area contributed by atoms with Gasteiger partial charge >= 0.3 is 0 Å². The average molecular weight is 639 g/mol. The van der Waals surface area contributed by atoms with Crippen LogP contribution in [0.2, 0.25) is 0 Å². The molecule has 8 aromatic carbocycles. The van der Waals surface area contributed by atoms with E-state index in [0.29, 0.717) is 0 Å². The number of benzene rings is 8. The van der Waals surface area contributed by atoms with E-state index in [-0.39, 0.29) is 10.8 Å². The smallest absolute Gasteiger partial charge is 0.0165 e. The molecule has 0 atom stereocenters. The molecule has 10 rings (SSSR count). The highest BCUT2D eigenvalue weighted by molar-refractivity contribution is 6.21. The summed E-state index contributed by atoms with van der Waals surface area (Å²) in [5, 5.41) is 5.14. The quantitative estimate of drug-likeness (QED) is 0.169. The van der Waals surface area contributed by atoms with Crippen LogP contribution in [0.4, 0.5) is 0 Å². The van der Waals surface area contributed by atoms with Crippen LogP contribution in [0.15, 0.2) is 158 Å². The van der Waals surface area contributed by atoms with Gasteiger partial charge in [0.1, 0.15) is 0 Å². The predicted molar refractivity (Wildman–Crippen MR) is 213 cm³/mol. The molecule has 50 heavy (non-hydrogen) atoms. The lowest BCUT2D eigenvalue weighted by molar-refractivity contribution is 0.652. The highest BCUT2D eigenvalue weighted by atomic mass is 14.5. The van der Waals surface area contributed by atoms with Gasteiger partial charge in [-0.15, -0.1) is 0 Å². The maximum atomic E-state index is 2.54. The third-order valence-electron chi connectivity index (χ3n) is 11.8. The molecule has 8 aromatic rings. The molecule has 0 radical (unpaired) electrons. The fraction of sp³-hybridized carbons (Fsp3) is 0.120. The van der Waals surface area contributed by atoms with Crippen molar-refractivity contribution >= 4 is 21.5 Å². The second kappa shape index (κ2) is 10.4. The minimum atomic E-state index is -0.129. The third kappa shape index (κ3) is 3.88. The molecule has 238 valence electrons. The third-order valence-corrected chi connectivity index (χ3v) is 11.8. The van der Waals surface area contributed by atoms with Crippen LogP contribution in [0.5, 0.6) is 0 Å². The van der Waals surface area contributed by atoms with Gasteiger partial charge in [0.25, 0.3) is 0 Å². The van der Waals surface area contributed by atoms with Crippen molar-refractivity contribution in [2.24, 2.45) is 0 Å². The molecule has 2 aliphatic carbocycles. The molecule has 0 saturated carbocycles. The number of rotatable bonds is 3. The topological polar surface area (TPSA) is 0 Å². The van der Waals surface area contributed by atoms with E-state index in [9.17, 15) is 0 Å². The Morgan fingerprint density at radius 1 is 0.300 bits per heavy atom. The first-order valence-corrected chi connectivity index (χ1v) is 17.9. The Bertz CT molecular complexity index is 2610. The lowest BCUT2D eigenvalue weighted by Gasteiger charge is -2.28. The summed E-state index contributed by atoms with van der Waals surface area (Å²) < 4.78 is 0. The summed E-state index contributed by atoms with van der Waals surface area (Å²) in [4.78, 5) is 0. The van der Waals surface area contributed by atoms with Gasteiger partial charge < -0.3 is 0 Å². The molecule has 0 unspecified atom stereocenters. The average Bonchev–Trinajstić information content (AvgIpc) is 3.54. The molecule has 0 heteroatoms. The lowest BCUT2D eigenvalue weighted by atomic mass is 9.75. The zero-order chi connectivity index (χ0) is 33.8. The molecule has 0 heterocycles. The molecule has 0 aromatic heterocycles. The normalized spacial score (nSPS) is 14.7. The van der Waals surface area contributed by atoms with E-state index in [0.717, 1.165) is 0 Å². The maximum absolute atomic E-state index is 2.54. The van der Waals surface area contributed by atoms with Crippen LogP contribution in [0.1, 0.15) is 49.9 Å². The highest BCUT2D eigenvalue weighted by Crippen LogP contribution is 2.61. The minimum absolute atomic E-state index is 0.0876. The summed E-state index contributed by atoms with van der Waals surface area (Å²) in [6, 6.07) is 58.9. The first-order chi connectivity index (χ1) is 24.4. The molecule has 0 bridgehead atoms. The van der Waals surface area contributed by atoms with Gasteiger partial charge in [0.2, 0.25) is 0 Å². The molecule has 0 nitrogen and oxygen atoms in total. The molecular weight excluding hydrogens is 601 g/mol. The fourth-order valence-electron chi connectivity index (χ4n) is 9.55. The van der Waals surface area contributed by atoms with E-state index < -0.39 is 0 Å². The first-order valence-electron chi connectivity index (χ1n) is 17.9. The van der Waals surface area contributed by atoms with Crippen molar-refractivity contribution in [3.05, 3.63) is 180 Å². The Labute approximate surface area is 294 Å². The van der Waals surface area contributed by atoms with Crippen LogP contribution in [0.25, 0.3) is 77.2 Å². The minimum Gasteiger partial charge on any atom is -0.0622 e. The van der Waals surface area contributed by atoms with Crippen LogP contribution >= 0.6 is 0 Å². The first kappa shape index (κ1) is 29.2. The number of fused-ring (bicyclic) bond motifs is 9. The van der Waals surface area contributed by atoms with E-state index in [1.54, 1.807) is 0 Å². The number of hydrogen-bond acceptors (Lipinski definition) is 0. The van der Waals surface area contributed by atoms with E-state index in [4.69, 9.17) is 0 Å². The van der Waals surface area contributed by atoms with Gasteiger partial charge in [-0.05, 0) is 105 Å².